The normalized spacial score (nSPS) is 21.4. The van der Waals surface area contributed by atoms with Gasteiger partial charge in [0.1, 0.15) is 5.75 Å². The van der Waals surface area contributed by atoms with Crippen molar-refractivity contribution in [2.24, 2.45) is 5.41 Å². The molecule has 0 spiro atoms. The van der Waals surface area contributed by atoms with Crippen molar-refractivity contribution in [3.8, 4) is 5.75 Å². The Labute approximate surface area is 170 Å². The first-order chi connectivity index (χ1) is 12.8. The fourth-order valence-electron chi connectivity index (χ4n) is 3.78. The average Bonchev–Trinajstić information content (AvgIpc) is 2.72. The summed E-state index contributed by atoms with van der Waals surface area (Å²) in [6, 6.07) is 13.5. The molecule has 0 aliphatic carbocycles. The smallest absolute Gasteiger partial charge is 0.181 e. The van der Waals surface area contributed by atoms with Gasteiger partial charge >= 0.3 is 0 Å². The van der Waals surface area contributed by atoms with Crippen molar-refractivity contribution in [1.82, 2.24) is 0 Å². The number of nitrogens with zero attached hydrogens (tertiary/aromatic N) is 1. The van der Waals surface area contributed by atoms with Crippen LogP contribution >= 0.6 is 15.9 Å². The van der Waals surface area contributed by atoms with Gasteiger partial charge in [0.05, 0.1) is 27.9 Å². The number of halogens is 1. The highest BCUT2D eigenvalue weighted by Crippen LogP contribution is 2.45. The average molecular weight is 452 g/mol. The molecule has 1 heterocycles. The number of sulfone groups is 1. The van der Waals surface area contributed by atoms with E-state index >= 15 is 0 Å². The molecule has 6 heteroatoms. The third kappa shape index (κ3) is 4.16. The standard InChI is InChI=1S/C21H26BrNO3S/c1-4-5-11-21(2)14-23(16-9-7-6-8-10-16)18-12-17(22)19(26-3)13-20(18)27(24,25)15-21/h6-10,12-13H,4-5,11,14-15H2,1-3H3. The number of unbranched alkanes of at least 4 members (excludes halogenated alkanes) is 1. The van der Waals surface area contributed by atoms with E-state index in [1.165, 1.54) is 0 Å². The largest absolute Gasteiger partial charge is 0.496 e. The van der Waals surface area contributed by atoms with Gasteiger partial charge in [-0.05, 0) is 46.0 Å². The molecule has 0 saturated heterocycles. The number of hydrogen-bond donors (Lipinski definition) is 0. The molecule has 146 valence electrons. The van der Waals surface area contributed by atoms with Crippen molar-refractivity contribution >= 4 is 37.1 Å². The summed E-state index contributed by atoms with van der Waals surface area (Å²) < 4.78 is 32.8. The van der Waals surface area contributed by atoms with Gasteiger partial charge in [-0.25, -0.2) is 8.42 Å². The van der Waals surface area contributed by atoms with Crippen LogP contribution in [0.5, 0.6) is 5.75 Å². The maximum atomic E-state index is 13.3. The van der Waals surface area contributed by atoms with E-state index in [0.29, 0.717) is 22.9 Å². The van der Waals surface area contributed by atoms with E-state index in [1.54, 1.807) is 13.2 Å². The lowest BCUT2D eigenvalue weighted by molar-refractivity contribution is 0.338. The fraction of sp³-hybridized carbons (Fsp3) is 0.429. The lowest BCUT2D eigenvalue weighted by Gasteiger charge is -2.34. The fourth-order valence-corrected chi connectivity index (χ4v) is 6.36. The summed E-state index contributed by atoms with van der Waals surface area (Å²) in [5, 5.41) is 0. The Hall–Kier alpha value is -1.53. The van der Waals surface area contributed by atoms with Crippen LogP contribution < -0.4 is 9.64 Å². The topological polar surface area (TPSA) is 46.6 Å². The number of fused-ring (bicyclic) bond motifs is 1. The molecule has 0 aromatic heterocycles. The Morgan fingerprint density at radius 2 is 1.93 bits per heavy atom. The molecule has 0 radical (unpaired) electrons. The number of anilines is 2. The van der Waals surface area contributed by atoms with E-state index in [4.69, 9.17) is 4.74 Å². The van der Waals surface area contributed by atoms with Crippen molar-refractivity contribution in [2.75, 3.05) is 24.3 Å². The third-order valence-electron chi connectivity index (χ3n) is 5.14. The minimum absolute atomic E-state index is 0.140. The quantitative estimate of drug-likeness (QED) is 0.594. The van der Waals surface area contributed by atoms with E-state index in [-0.39, 0.29) is 11.2 Å². The van der Waals surface area contributed by atoms with Gasteiger partial charge in [-0.1, -0.05) is 44.9 Å². The van der Waals surface area contributed by atoms with E-state index < -0.39 is 9.84 Å². The molecule has 2 aromatic rings. The van der Waals surface area contributed by atoms with Crippen LogP contribution in [0, 0.1) is 5.41 Å². The van der Waals surface area contributed by atoms with Crippen molar-refractivity contribution in [3.05, 3.63) is 46.9 Å². The lowest BCUT2D eigenvalue weighted by Crippen LogP contribution is -2.35. The van der Waals surface area contributed by atoms with Gasteiger partial charge in [-0.15, -0.1) is 0 Å². The highest BCUT2D eigenvalue weighted by molar-refractivity contribution is 9.10. The van der Waals surface area contributed by atoms with Crippen LogP contribution in [0.15, 0.2) is 51.8 Å². The molecule has 1 unspecified atom stereocenters. The zero-order valence-electron chi connectivity index (χ0n) is 16.0. The van der Waals surface area contributed by atoms with Gasteiger partial charge in [0, 0.05) is 18.3 Å². The number of para-hydroxylation sites is 1. The monoisotopic (exact) mass is 451 g/mol. The first-order valence-electron chi connectivity index (χ1n) is 9.22. The van der Waals surface area contributed by atoms with E-state index in [2.05, 4.69) is 34.7 Å². The summed E-state index contributed by atoms with van der Waals surface area (Å²) in [6.45, 7) is 4.89. The molecule has 0 saturated carbocycles. The van der Waals surface area contributed by atoms with Gasteiger partial charge in [-0.3, -0.25) is 0 Å². The highest BCUT2D eigenvalue weighted by Gasteiger charge is 2.39. The van der Waals surface area contributed by atoms with E-state index in [0.717, 1.165) is 29.4 Å². The maximum absolute atomic E-state index is 13.3. The van der Waals surface area contributed by atoms with Gasteiger partial charge in [0.2, 0.25) is 0 Å². The summed E-state index contributed by atoms with van der Waals surface area (Å²) >= 11 is 3.52. The zero-order valence-corrected chi connectivity index (χ0v) is 18.4. The Morgan fingerprint density at radius 1 is 1.22 bits per heavy atom. The second-order valence-corrected chi connectivity index (χ2v) is 10.4. The van der Waals surface area contributed by atoms with Crippen molar-refractivity contribution in [1.29, 1.82) is 0 Å². The molecule has 2 aromatic carbocycles. The number of hydrogen-bond acceptors (Lipinski definition) is 4. The summed E-state index contributed by atoms with van der Waals surface area (Å²) in [7, 11) is -1.90. The number of benzene rings is 2. The number of methoxy groups -OCH3 is 1. The number of ether oxygens (including phenoxy) is 1. The predicted molar refractivity (Wildman–Crippen MR) is 114 cm³/mol. The SMILES string of the molecule is CCCCC1(C)CN(c2ccccc2)c2cc(Br)c(OC)cc2S(=O)(=O)C1. The Bertz CT molecular complexity index is 915. The van der Waals surface area contributed by atoms with Crippen LogP contribution in [0.3, 0.4) is 0 Å². The molecule has 0 N–H and O–H groups in total. The van der Waals surface area contributed by atoms with Crippen molar-refractivity contribution in [3.63, 3.8) is 0 Å². The zero-order chi connectivity index (χ0) is 19.7. The van der Waals surface area contributed by atoms with Crippen LogP contribution in [0.4, 0.5) is 11.4 Å². The molecule has 4 nitrogen and oxygen atoms in total. The van der Waals surface area contributed by atoms with E-state index in [9.17, 15) is 8.42 Å². The number of rotatable bonds is 5. The Morgan fingerprint density at radius 3 is 2.56 bits per heavy atom. The molecule has 0 bridgehead atoms. The Kier molecular flexibility index (Phi) is 5.87. The van der Waals surface area contributed by atoms with Crippen LogP contribution in [-0.2, 0) is 9.84 Å². The van der Waals surface area contributed by atoms with Crippen LogP contribution in [-0.4, -0.2) is 27.8 Å². The highest BCUT2D eigenvalue weighted by atomic mass is 79.9. The molecule has 1 aliphatic heterocycles. The van der Waals surface area contributed by atoms with Gasteiger partial charge in [0.25, 0.3) is 0 Å². The Balaban J connectivity index is 2.23. The third-order valence-corrected chi connectivity index (χ3v) is 7.83. The lowest BCUT2D eigenvalue weighted by atomic mass is 9.86. The molecular formula is C21H26BrNO3S. The summed E-state index contributed by atoms with van der Waals surface area (Å²) in [6.07, 6.45) is 2.93. The molecule has 3 rings (SSSR count). The van der Waals surface area contributed by atoms with Gasteiger partial charge in [0.15, 0.2) is 9.84 Å². The predicted octanol–water partition coefficient (Wildman–Crippen LogP) is 5.58. The molecule has 0 amide bonds. The second kappa shape index (κ2) is 7.84. The molecular weight excluding hydrogens is 426 g/mol. The first kappa shape index (κ1) is 20.2. The molecule has 1 atom stereocenters. The minimum atomic E-state index is -3.45. The van der Waals surface area contributed by atoms with E-state index in [1.807, 2.05) is 36.4 Å². The second-order valence-electron chi connectivity index (χ2n) is 7.55. The van der Waals surface area contributed by atoms with Crippen LogP contribution in [0.1, 0.15) is 33.1 Å². The van der Waals surface area contributed by atoms with Crippen molar-refractivity contribution in [2.45, 2.75) is 38.0 Å². The summed E-state index contributed by atoms with van der Waals surface area (Å²) in [5.74, 6) is 0.670. The maximum Gasteiger partial charge on any atom is 0.181 e. The summed E-state index contributed by atoms with van der Waals surface area (Å²) in [5.41, 5.74) is 1.37. The molecule has 1 aliphatic rings. The van der Waals surface area contributed by atoms with Crippen molar-refractivity contribution < 1.29 is 13.2 Å². The minimum Gasteiger partial charge on any atom is -0.496 e. The van der Waals surface area contributed by atoms with Crippen LogP contribution in [0.2, 0.25) is 0 Å². The molecule has 27 heavy (non-hydrogen) atoms. The van der Waals surface area contributed by atoms with Crippen LogP contribution in [0.25, 0.3) is 0 Å². The summed E-state index contributed by atoms with van der Waals surface area (Å²) in [4.78, 5) is 2.48. The van der Waals surface area contributed by atoms with Gasteiger partial charge < -0.3 is 9.64 Å². The molecule has 0 fully saturated rings. The first-order valence-corrected chi connectivity index (χ1v) is 11.7. The van der Waals surface area contributed by atoms with Gasteiger partial charge in [-0.2, -0.15) is 0 Å².